The fraction of sp³-hybridized carbons (Fsp3) is 0.0952. The third-order valence-electron chi connectivity index (χ3n) is 4.55. The van der Waals surface area contributed by atoms with Crippen molar-refractivity contribution in [1.82, 2.24) is 14.7 Å². The lowest BCUT2D eigenvalue weighted by atomic mass is 10.1. The topological polar surface area (TPSA) is 89.3 Å². The van der Waals surface area contributed by atoms with E-state index in [1.54, 1.807) is 24.3 Å². The molecule has 0 aliphatic rings. The average molecular weight is 461 g/mol. The molecule has 0 aliphatic heterocycles. The molecule has 7 nitrogen and oxygen atoms in total. The molecule has 2 heterocycles. The van der Waals surface area contributed by atoms with E-state index in [2.05, 4.69) is 15.3 Å². The van der Waals surface area contributed by atoms with Gasteiger partial charge in [0.05, 0.1) is 28.0 Å². The number of aliphatic hydroxyl groups is 1. The van der Waals surface area contributed by atoms with Crippen LogP contribution in [0, 0.1) is 5.82 Å². The first-order valence-electron chi connectivity index (χ1n) is 9.02. The highest BCUT2D eigenvalue weighted by Gasteiger charge is 2.19. The Labute approximate surface area is 185 Å². The molecule has 0 fully saturated rings. The van der Waals surface area contributed by atoms with Gasteiger partial charge in [0, 0.05) is 17.0 Å². The molecule has 2 aromatic heterocycles. The standard InChI is InChI=1S/C21H15Cl2FN4O3/c1-31-28-17(30)8-6-12-19(18-13(22)3-2-4-14(18)23)26-21(27-20(12)28)25-16-9-11(10-29)5-7-15(16)24/h2-9,29H,10H2,1H3,(H,25,26,27). The quantitative estimate of drug-likeness (QED) is 0.463. The number of anilines is 2. The Balaban J connectivity index is 2.01. The molecule has 0 aliphatic carbocycles. The Morgan fingerprint density at radius 1 is 1.13 bits per heavy atom. The minimum atomic E-state index is -0.574. The number of fused-ring (bicyclic) bond motifs is 1. The Morgan fingerprint density at radius 2 is 1.87 bits per heavy atom. The van der Waals surface area contributed by atoms with Gasteiger partial charge in [-0.2, -0.15) is 4.98 Å². The molecule has 0 saturated carbocycles. The lowest BCUT2D eigenvalue weighted by Crippen LogP contribution is -2.25. The van der Waals surface area contributed by atoms with Crippen LogP contribution in [0.25, 0.3) is 22.3 Å². The first kappa shape index (κ1) is 21.0. The second-order valence-electron chi connectivity index (χ2n) is 6.48. The first-order valence-corrected chi connectivity index (χ1v) is 9.77. The highest BCUT2D eigenvalue weighted by Crippen LogP contribution is 2.37. The van der Waals surface area contributed by atoms with E-state index < -0.39 is 11.4 Å². The van der Waals surface area contributed by atoms with Gasteiger partial charge in [-0.05, 0) is 35.9 Å². The van der Waals surface area contributed by atoms with Crippen molar-refractivity contribution in [3.05, 3.63) is 80.3 Å². The molecule has 0 atom stereocenters. The Kier molecular flexibility index (Phi) is 5.77. The Bertz CT molecular complexity index is 1340. The van der Waals surface area contributed by atoms with E-state index in [0.29, 0.717) is 32.3 Å². The van der Waals surface area contributed by atoms with Crippen LogP contribution in [0.5, 0.6) is 0 Å². The number of benzene rings is 2. The second-order valence-corrected chi connectivity index (χ2v) is 7.29. The molecule has 2 aromatic carbocycles. The zero-order valence-corrected chi connectivity index (χ0v) is 17.6. The molecular weight excluding hydrogens is 446 g/mol. The van der Waals surface area contributed by atoms with Gasteiger partial charge in [0.25, 0.3) is 5.56 Å². The van der Waals surface area contributed by atoms with E-state index in [1.807, 2.05) is 0 Å². The highest BCUT2D eigenvalue weighted by molar-refractivity contribution is 6.39. The van der Waals surface area contributed by atoms with Gasteiger partial charge in [0.2, 0.25) is 5.95 Å². The molecule has 2 N–H and O–H groups in total. The number of pyridine rings is 1. The number of hydrogen-bond donors (Lipinski definition) is 2. The van der Waals surface area contributed by atoms with Gasteiger partial charge in [-0.1, -0.05) is 35.3 Å². The van der Waals surface area contributed by atoms with Gasteiger partial charge in [0.15, 0.2) is 5.65 Å². The summed E-state index contributed by atoms with van der Waals surface area (Å²) in [5.41, 5.74) is 0.971. The summed E-state index contributed by atoms with van der Waals surface area (Å²) in [4.78, 5) is 26.3. The molecule has 31 heavy (non-hydrogen) atoms. The lowest BCUT2D eigenvalue weighted by molar-refractivity contribution is 0.167. The molecule has 0 radical (unpaired) electrons. The summed E-state index contributed by atoms with van der Waals surface area (Å²) in [6.07, 6.45) is 0. The van der Waals surface area contributed by atoms with E-state index in [9.17, 15) is 14.3 Å². The van der Waals surface area contributed by atoms with Crippen molar-refractivity contribution in [2.75, 3.05) is 12.4 Å². The van der Waals surface area contributed by atoms with E-state index in [4.69, 9.17) is 28.0 Å². The average Bonchev–Trinajstić information content (AvgIpc) is 2.75. The molecule has 0 saturated heterocycles. The van der Waals surface area contributed by atoms with Crippen molar-refractivity contribution in [2.24, 2.45) is 0 Å². The van der Waals surface area contributed by atoms with E-state index >= 15 is 0 Å². The summed E-state index contributed by atoms with van der Waals surface area (Å²) < 4.78 is 15.3. The number of nitrogens with one attached hydrogen (secondary N) is 1. The third kappa shape index (κ3) is 3.93. The van der Waals surface area contributed by atoms with Crippen LogP contribution in [0.3, 0.4) is 0 Å². The second kappa shape index (κ2) is 8.50. The molecular formula is C21H15Cl2FN4O3. The number of aliphatic hydroxyl groups excluding tert-OH is 1. The molecule has 4 rings (SSSR count). The molecule has 0 bridgehead atoms. The molecule has 0 unspecified atom stereocenters. The minimum absolute atomic E-state index is 0.0242. The van der Waals surface area contributed by atoms with Gasteiger partial charge in [-0.15, -0.1) is 4.73 Å². The van der Waals surface area contributed by atoms with Crippen molar-refractivity contribution < 1.29 is 14.3 Å². The van der Waals surface area contributed by atoms with Crippen molar-refractivity contribution in [2.45, 2.75) is 6.61 Å². The van der Waals surface area contributed by atoms with Crippen molar-refractivity contribution in [3.63, 3.8) is 0 Å². The molecule has 0 spiro atoms. The summed E-state index contributed by atoms with van der Waals surface area (Å²) in [7, 11) is 1.32. The van der Waals surface area contributed by atoms with Crippen LogP contribution in [0.2, 0.25) is 10.0 Å². The van der Waals surface area contributed by atoms with Crippen molar-refractivity contribution in [1.29, 1.82) is 0 Å². The number of aromatic nitrogens is 3. The van der Waals surface area contributed by atoms with Gasteiger partial charge in [-0.3, -0.25) is 4.79 Å². The summed E-state index contributed by atoms with van der Waals surface area (Å²) in [6.45, 7) is -0.267. The van der Waals surface area contributed by atoms with E-state index in [1.165, 1.54) is 31.4 Å². The number of halogens is 3. The summed E-state index contributed by atoms with van der Waals surface area (Å²) >= 11 is 12.8. The predicted octanol–water partition coefficient (Wildman–Crippen LogP) is 4.20. The molecule has 158 valence electrons. The van der Waals surface area contributed by atoms with E-state index in [-0.39, 0.29) is 23.9 Å². The van der Waals surface area contributed by atoms with Crippen LogP contribution in [0.15, 0.2) is 53.3 Å². The van der Waals surface area contributed by atoms with Crippen LogP contribution in [0.4, 0.5) is 16.0 Å². The zero-order chi connectivity index (χ0) is 22.1. The van der Waals surface area contributed by atoms with Gasteiger partial charge in [-0.25, -0.2) is 9.37 Å². The van der Waals surface area contributed by atoms with Crippen LogP contribution in [-0.2, 0) is 6.61 Å². The molecule has 4 aromatic rings. The maximum absolute atomic E-state index is 14.3. The van der Waals surface area contributed by atoms with Crippen molar-refractivity contribution in [3.8, 4) is 11.3 Å². The lowest BCUT2D eigenvalue weighted by Gasteiger charge is -2.15. The van der Waals surface area contributed by atoms with Crippen LogP contribution >= 0.6 is 23.2 Å². The molecule has 0 amide bonds. The van der Waals surface area contributed by atoms with Crippen LogP contribution < -0.4 is 15.7 Å². The number of nitrogens with zero attached hydrogens (tertiary/aromatic N) is 3. The predicted molar refractivity (Wildman–Crippen MR) is 117 cm³/mol. The van der Waals surface area contributed by atoms with Gasteiger partial charge < -0.3 is 15.3 Å². The largest absolute Gasteiger partial charge is 0.412 e. The van der Waals surface area contributed by atoms with Crippen LogP contribution in [-0.4, -0.2) is 26.9 Å². The first-order chi connectivity index (χ1) is 14.9. The van der Waals surface area contributed by atoms with Crippen LogP contribution in [0.1, 0.15) is 5.56 Å². The monoisotopic (exact) mass is 460 g/mol. The van der Waals surface area contributed by atoms with Gasteiger partial charge in [0.1, 0.15) is 12.9 Å². The fourth-order valence-electron chi connectivity index (χ4n) is 3.13. The highest BCUT2D eigenvalue weighted by atomic mass is 35.5. The smallest absolute Gasteiger partial charge is 0.285 e. The third-order valence-corrected chi connectivity index (χ3v) is 5.18. The molecule has 10 heteroatoms. The Morgan fingerprint density at radius 3 is 2.55 bits per heavy atom. The van der Waals surface area contributed by atoms with Crippen molar-refractivity contribution >= 4 is 45.9 Å². The number of hydrogen-bond acceptors (Lipinski definition) is 6. The minimum Gasteiger partial charge on any atom is -0.412 e. The normalized spacial score (nSPS) is 11.0. The fourth-order valence-corrected chi connectivity index (χ4v) is 3.70. The zero-order valence-electron chi connectivity index (χ0n) is 16.1. The SMILES string of the molecule is COn1c(=O)ccc2c(-c3c(Cl)cccc3Cl)nc(Nc3cc(CO)ccc3F)nc21. The van der Waals surface area contributed by atoms with Gasteiger partial charge >= 0.3 is 0 Å². The Hall–Kier alpha value is -3.20. The summed E-state index contributed by atoms with van der Waals surface area (Å²) in [5.74, 6) is -0.598. The van der Waals surface area contributed by atoms with E-state index in [0.717, 1.165) is 4.73 Å². The maximum Gasteiger partial charge on any atom is 0.285 e. The number of rotatable bonds is 5. The summed E-state index contributed by atoms with van der Waals surface area (Å²) in [5, 5.41) is 13.3. The maximum atomic E-state index is 14.3. The summed E-state index contributed by atoms with van der Waals surface area (Å²) in [6, 6.07) is 11.9.